The summed E-state index contributed by atoms with van der Waals surface area (Å²) in [5.41, 5.74) is -0.144. The van der Waals surface area contributed by atoms with E-state index < -0.39 is 22.8 Å². The van der Waals surface area contributed by atoms with E-state index in [0.717, 1.165) is 36.6 Å². The minimum absolute atomic E-state index is 0.0227. The van der Waals surface area contributed by atoms with Gasteiger partial charge in [0.25, 0.3) is 5.56 Å². The molecule has 1 aliphatic rings. The summed E-state index contributed by atoms with van der Waals surface area (Å²) in [5.74, 6) is 0.905. The van der Waals surface area contributed by atoms with Crippen LogP contribution in [0.2, 0.25) is 0 Å². The molecule has 1 aromatic carbocycles. The number of halogens is 3. The Morgan fingerprint density at radius 1 is 1.10 bits per heavy atom. The highest BCUT2D eigenvalue weighted by Gasteiger charge is 2.36. The minimum atomic E-state index is -4.72. The van der Waals surface area contributed by atoms with Crippen LogP contribution in [0.15, 0.2) is 41.3 Å². The van der Waals surface area contributed by atoms with Gasteiger partial charge in [0.1, 0.15) is 5.82 Å². The van der Waals surface area contributed by atoms with Gasteiger partial charge in [0, 0.05) is 18.3 Å². The van der Waals surface area contributed by atoms with Crippen LogP contribution in [0.3, 0.4) is 0 Å². The molecular formula is C23H24F3N3O. The molecule has 158 valence electrons. The normalized spacial score (nSPS) is 15.6. The van der Waals surface area contributed by atoms with Gasteiger partial charge in [-0.15, -0.1) is 0 Å². The second kappa shape index (κ2) is 8.20. The molecule has 0 aliphatic heterocycles. The Balaban J connectivity index is 1.90. The van der Waals surface area contributed by atoms with Crippen LogP contribution in [0, 0.1) is 12.8 Å². The van der Waals surface area contributed by atoms with E-state index in [1.807, 2.05) is 31.2 Å². The molecular weight excluding hydrogens is 391 g/mol. The first-order valence-electron chi connectivity index (χ1n) is 10.4. The fraction of sp³-hybridized carbons (Fsp3) is 0.435. The molecule has 0 spiro atoms. The van der Waals surface area contributed by atoms with Crippen molar-refractivity contribution in [2.75, 3.05) is 0 Å². The van der Waals surface area contributed by atoms with Crippen molar-refractivity contribution in [2.45, 2.75) is 58.2 Å². The Bertz CT molecular complexity index is 1110. The van der Waals surface area contributed by atoms with Gasteiger partial charge in [0.05, 0.1) is 10.9 Å². The summed E-state index contributed by atoms with van der Waals surface area (Å²) < 4.78 is 42.1. The molecule has 4 rings (SSSR count). The smallest absolute Gasteiger partial charge is 0.292 e. The molecule has 0 radical (unpaired) electrons. The molecule has 0 bridgehead atoms. The van der Waals surface area contributed by atoms with Gasteiger partial charge in [-0.3, -0.25) is 14.3 Å². The van der Waals surface area contributed by atoms with Crippen molar-refractivity contribution in [3.63, 3.8) is 0 Å². The molecule has 4 nitrogen and oxygen atoms in total. The van der Waals surface area contributed by atoms with Crippen LogP contribution in [0.25, 0.3) is 22.3 Å². The molecule has 2 heterocycles. The van der Waals surface area contributed by atoms with Gasteiger partial charge in [-0.25, -0.2) is 4.98 Å². The number of nitrogens with zero attached hydrogens (tertiary/aromatic N) is 3. The van der Waals surface area contributed by atoms with Gasteiger partial charge in [-0.1, -0.05) is 56.4 Å². The van der Waals surface area contributed by atoms with Gasteiger partial charge in [0.15, 0.2) is 5.69 Å². The lowest BCUT2D eigenvalue weighted by Gasteiger charge is -2.23. The lowest BCUT2D eigenvalue weighted by Crippen LogP contribution is -2.27. The van der Waals surface area contributed by atoms with Gasteiger partial charge >= 0.3 is 6.18 Å². The van der Waals surface area contributed by atoms with Crippen LogP contribution < -0.4 is 5.56 Å². The molecule has 1 fully saturated rings. The summed E-state index contributed by atoms with van der Waals surface area (Å²) in [6, 6.07) is 8.86. The van der Waals surface area contributed by atoms with E-state index >= 15 is 0 Å². The Kier molecular flexibility index (Phi) is 5.62. The Labute approximate surface area is 172 Å². The summed E-state index contributed by atoms with van der Waals surface area (Å²) in [6.45, 7) is 2.26. The predicted molar refractivity (Wildman–Crippen MR) is 110 cm³/mol. The van der Waals surface area contributed by atoms with Crippen LogP contribution in [-0.4, -0.2) is 14.5 Å². The maximum Gasteiger partial charge on any atom is 0.434 e. The van der Waals surface area contributed by atoms with Gasteiger partial charge < -0.3 is 0 Å². The first-order chi connectivity index (χ1) is 14.4. The van der Waals surface area contributed by atoms with Gasteiger partial charge in [-0.05, 0) is 30.9 Å². The maximum atomic E-state index is 13.6. The first kappa shape index (κ1) is 20.6. The van der Waals surface area contributed by atoms with Crippen molar-refractivity contribution in [3.05, 3.63) is 58.1 Å². The molecule has 3 aromatic rings. The average molecular weight is 415 g/mol. The van der Waals surface area contributed by atoms with E-state index in [2.05, 4.69) is 9.97 Å². The molecule has 30 heavy (non-hydrogen) atoms. The van der Waals surface area contributed by atoms with Crippen LogP contribution in [0.1, 0.15) is 49.8 Å². The zero-order valence-corrected chi connectivity index (χ0v) is 16.9. The fourth-order valence-corrected chi connectivity index (χ4v) is 4.40. The first-order valence-corrected chi connectivity index (χ1v) is 10.4. The Morgan fingerprint density at radius 3 is 2.53 bits per heavy atom. The predicted octanol–water partition coefficient (Wildman–Crippen LogP) is 5.76. The molecule has 0 saturated heterocycles. The highest BCUT2D eigenvalue weighted by molar-refractivity contribution is 5.82. The third-order valence-corrected chi connectivity index (χ3v) is 6.01. The molecule has 1 aliphatic carbocycles. The number of fused-ring (bicyclic) bond motifs is 1. The van der Waals surface area contributed by atoms with Crippen molar-refractivity contribution in [1.29, 1.82) is 0 Å². The zero-order valence-electron chi connectivity index (χ0n) is 16.9. The van der Waals surface area contributed by atoms with E-state index in [1.54, 1.807) is 0 Å². The summed E-state index contributed by atoms with van der Waals surface area (Å²) in [4.78, 5) is 21.4. The number of pyridine rings is 1. The number of aromatic nitrogens is 3. The number of benzene rings is 1. The second-order valence-corrected chi connectivity index (χ2v) is 8.05. The van der Waals surface area contributed by atoms with E-state index in [9.17, 15) is 18.0 Å². The van der Waals surface area contributed by atoms with Crippen LogP contribution in [-0.2, 0) is 12.7 Å². The minimum Gasteiger partial charge on any atom is -0.292 e. The molecule has 0 atom stereocenters. The fourth-order valence-electron chi connectivity index (χ4n) is 4.40. The SMILES string of the molecule is Cc1ccccc1-c1nc2ccnc(C(F)(F)F)c2c(=O)n1CCC1CCCCC1. The summed E-state index contributed by atoms with van der Waals surface area (Å²) in [6.07, 6.45) is 2.87. The number of alkyl halides is 3. The van der Waals surface area contributed by atoms with E-state index in [-0.39, 0.29) is 5.52 Å². The van der Waals surface area contributed by atoms with Crippen LogP contribution in [0.4, 0.5) is 13.2 Å². The number of aryl methyl sites for hydroxylation is 1. The summed E-state index contributed by atoms with van der Waals surface area (Å²) in [7, 11) is 0. The van der Waals surface area contributed by atoms with Crippen LogP contribution >= 0.6 is 0 Å². The zero-order chi connectivity index (χ0) is 21.3. The number of hydrogen-bond acceptors (Lipinski definition) is 3. The molecule has 0 amide bonds. The van der Waals surface area contributed by atoms with E-state index in [1.165, 1.54) is 29.9 Å². The molecule has 0 N–H and O–H groups in total. The molecule has 2 aromatic heterocycles. The van der Waals surface area contributed by atoms with Crippen LogP contribution in [0.5, 0.6) is 0 Å². The topological polar surface area (TPSA) is 47.8 Å². The summed E-state index contributed by atoms with van der Waals surface area (Å²) in [5, 5.41) is -0.453. The van der Waals surface area contributed by atoms with Crippen molar-refractivity contribution >= 4 is 10.9 Å². The lowest BCUT2D eigenvalue weighted by atomic mass is 9.87. The van der Waals surface area contributed by atoms with Gasteiger partial charge in [-0.2, -0.15) is 13.2 Å². The summed E-state index contributed by atoms with van der Waals surface area (Å²) >= 11 is 0. The van der Waals surface area contributed by atoms with Crippen molar-refractivity contribution in [2.24, 2.45) is 5.92 Å². The number of hydrogen-bond donors (Lipinski definition) is 0. The van der Waals surface area contributed by atoms with Crippen molar-refractivity contribution in [3.8, 4) is 11.4 Å². The Hall–Kier alpha value is -2.70. The monoisotopic (exact) mass is 415 g/mol. The quantitative estimate of drug-likeness (QED) is 0.545. The highest BCUT2D eigenvalue weighted by Crippen LogP contribution is 2.33. The second-order valence-electron chi connectivity index (χ2n) is 8.05. The van der Waals surface area contributed by atoms with E-state index in [0.29, 0.717) is 18.3 Å². The Morgan fingerprint density at radius 2 is 1.83 bits per heavy atom. The maximum absolute atomic E-state index is 13.6. The highest BCUT2D eigenvalue weighted by atomic mass is 19.4. The van der Waals surface area contributed by atoms with Gasteiger partial charge in [0.2, 0.25) is 0 Å². The molecule has 1 saturated carbocycles. The third kappa shape index (κ3) is 3.98. The van der Waals surface area contributed by atoms with E-state index in [4.69, 9.17) is 0 Å². The lowest BCUT2D eigenvalue weighted by molar-refractivity contribution is -0.139. The third-order valence-electron chi connectivity index (χ3n) is 6.01. The largest absolute Gasteiger partial charge is 0.434 e. The average Bonchev–Trinajstić information content (AvgIpc) is 2.73. The number of rotatable bonds is 4. The van der Waals surface area contributed by atoms with Crippen molar-refractivity contribution in [1.82, 2.24) is 14.5 Å². The van der Waals surface area contributed by atoms with Crippen molar-refractivity contribution < 1.29 is 13.2 Å². The standard InChI is InChI=1S/C23H24F3N3O/c1-15-7-5-6-10-17(15)21-28-18-11-13-27-20(23(24,25)26)19(18)22(30)29(21)14-12-16-8-3-2-4-9-16/h5-7,10-11,13,16H,2-4,8-9,12,14H2,1H3. The molecule has 7 heteroatoms. The molecule has 0 unspecified atom stereocenters.